The summed E-state index contributed by atoms with van der Waals surface area (Å²) in [6.07, 6.45) is 5.83. The van der Waals surface area contributed by atoms with E-state index in [9.17, 15) is 19.2 Å². The normalized spacial score (nSPS) is 15.1. The molecule has 11 nitrogen and oxygen atoms in total. The molecule has 1 aliphatic rings. The molecule has 11 heteroatoms. The number of likely N-dealkylation sites (tertiary alicyclic amines) is 1. The van der Waals surface area contributed by atoms with E-state index in [2.05, 4.69) is 15.6 Å². The summed E-state index contributed by atoms with van der Waals surface area (Å²) in [5, 5.41) is 4.82. The number of ether oxygens (including phenoxy) is 3. The number of hydrogen-bond donors (Lipinski definition) is 2. The van der Waals surface area contributed by atoms with Gasteiger partial charge >= 0.3 is 5.97 Å². The summed E-state index contributed by atoms with van der Waals surface area (Å²) in [5.41, 5.74) is 0.655. The molecule has 3 amide bonds. The molecule has 0 aromatic carbocycles. The van der Waals surface area contributed by atoms with E-state index in [1.807, 2.05) is 46.1 Å². The van der Waals surface area contributed by atoms with Crippen LogP contribution in [0.3, 0.4) is 0 Å². The van der Waals surface area contributed by atoms with Crippen LogP contribution in [0, 0.1) is 0 Å². The van der Waals surface area contributed by atoms with Gasteiger partial charge in [0, 0.05) is 32.4 Å². The van der Waals surface area contributed by atoms with E-state index >= 15 is 0 Å². The highest BCUT2D eigenvalue weighted by Crippen LogP contribution is 2.30. The maximum Gasteiger partial charge on any atom is 0.308 e. The van der Waals surface area contributed by atoms with Crippen molar-refractivity contribution < 1.29 is 33.4 Å². The van der Waals surface area contributed by atoms with Crippen LogP contribution < -0.4 is 10.6 Å². The molecular weight excluding hydrogens is 456 g/mol. The van der Waals surface area contributed by atoms with Gasteiger partial charge < -0.3 is 29.7 Å². The van der Waals surface area contributed by atoms with Crippen LogP contribution in [0.5, 0.6) is 0 Å². The van der Waals surface area contributed by atoms with Gasteiger partial charge in [0.1, 0.15) is 5.60 Å². The number of carbonyl (C=O) groups excluding carboxylic acids is 4. The topological polar surface area (TPSA) is 136 Å². The van der Waals surface area contributed by atoms with Crippen molar-refractivity contribution in [1.29, 1.82) is 0 Å². The van der Waals surface area contributed by atoms with Crippen LogP contribution in [0.4, 0.5) is 0 Å². The molecule has 2 heterocycles. The highest BCUT2D eigenvalue weighted by atomic mass is 16.6. The third kappa shape index (κ3) is 14.1. The van der Waals surface area contributed by atoms with Gasteiger partial charge in [0.2, 0.25) is 18.2 Å². The summed E-state index contributed by atoms with van der Waals surface area (Å²) in [7, 11) is 1.85. The molecule has 1 aromatic rings. The molecule has 0 radical (unpaired) electrons. The Hall–Kier alpha value is -3.05. The van der Waals surface area contributed by atoms with E-state index in [1.54, 1.807) is 11.1 Å². The first-order chi connectivity index (χ1) is 16.6. The summed E-state index contributed by atoms with van der Waals surface area (Å²) >= 11 is 0. The lowest BCUT2D eigenvalue weighted by atomic mass is 10.1. The monoisotopic (exact) mass is 494 g/mol. The predicted octanol–water partition coefficient (Wildman–Crippen LogP) is 0.989. The first kappa shape index (κ1) is 30.0. The molecule has 2 N–H and O–H groups in total. The smallest absolute Gasteiger partial charge is 0.308 e. The Morgan fingerprint density at radius 3 is 2.49 bits per heavy atom. The lowest BCUT2D eigenvalue weighted by Crippen LogP contribution is -2.35. The number of pyridine rings is 1. The number of rotatable bonds is 13. The van der Waals surface area contributed by atoms with Gasteiger partial charge in [-0.3, -0.25) is 24.2 Å². The Morgan fingerprint density at radius 2 is 1.91 bits per heavy atom. The second-order valence-corrected chi connectivity index (χ2v) is 8.76. The SMILES string of the molecule is CC(C)(C)OC(=O)CCOCCOCCNC(=O)CNC=O.CN1C(=O)CCC1c1cccnc1. The van der Waals surface area contributed by atoms with Crippen molar-refractivity contribution >= 4 is 24.2 Å². The maximum atomic E-state index is 11.4. The third-order valence-corrected chi connectivity index (χ3v) is 4.72. The Labute approximate surface area is 206 Å². The molecule has 0 bridgehead atoms. The number of amides is 3. The minimum absolute atomic E-state index is 0.0444. The van der Waals surface area contributed by atoms with Crippen LogP contribution in [-0.4, -0.2) is 86.2 Å². The Morgan fingerprint density at radius 1 is 1.20 bits per heavy atom. The summed E-state index contributed by atoms with van der Waals surface area (Å²) in [5.74, 6) is -0.335. The van der Waals surface area contributed by atoms with Gasteiger partial charge in [0.05, 0.1) is 45.4 Å². The quantitative estimate of drug-likeness (QED) is 0.235. The highest BCUT2D eigenvalue weighted by molar-refractivity contribution is 5.79. The molecule has 1 aliphatic heterocycles. The number of hydrogen-bond acceptors (Lipinski definition) is 8. The zero-order chi connectivity index (χ0) is 26.1. The molecule has 2 rings (SSSR count). The lowest BCUT2D eigenvalue weighted by molar-refractivity contribution is -0.156. The summed E-state index contributed by atoms with van der Waals surface area (Å²) in [6, 6.07) is 4.17. The maximum absolute atomic E-state index is 11.4. The number of aromatic nitrogens is 1. The van der Waals surface area contributed by atoms with E-state index in [0.717, 1.165) is 12.0 Å². The summed E-state index contributed by atoms with van der Waals surface area (Å²) in [4.78, 5) is 49.5. The Kier molecular flexibility index (Phi) is 14.2. The van der Waals surface area contributed by atoms with Gasteiger partial charge in [-0.25, -0.2) is 0 Å². The molecule has 1 fully saturated rings. The fourth-order valence-corrected chi connectivity index (χ4v) is 3.10. The second kappa shape index (κ2) is 16.6. The molecular formula is C24H38N4O7. The number of nitrogens with zero attached hydrogens (tertiary/aromatic N) is 2. The van der Waals surface area contributed by atoms with Crippen molar-refractivity contribution in [3.8, 4) is 0 Å². The van der Waals surface area contributed by atoms with Gasteiger partial charge in [0.15, 0.2) is 0 Å². The van der Waals surface area contributed by atoms with Gasteiger partial charge in [-0.1, -0.05) is 6.07 Å². The average Bonchev–Trinajstić information content (AvgIpc) is 3.14. The standard InChI is InChI=1S/C14H26N2O6.C10H12N2O/c1-14(2,3)22-13(19)4-6-20-8-9-21-7-5-16-12(18)10-15-11-17;1-12-9(4-5-10(12)13)8-3-2-6-11-7-8/h11H,4-10H2,1-3H3,(H,15,17)(H,16,18);2-3,6-7,9H,4-5H2,1H3. The predicted molar refractivity (Wildman–Crippen MR) is 128 cm³/mol. The Balaban J connectivity index is 0.000000394. The largest absolute Gasteiger partial charge is 0.460 e. The zero-order valence-electron chi connectivity index (χ0n) is 21.1. The van der Waals surface area contributed by atoms with E-state index in [4.69, 9.17) is 14.2 Å². The van der Waals surface area contributed by atoms with Crippen molar-refractivity contribution in [2.24, 2.45) is 0 Å². The Bertz CT molecular complexity index is 784. The molecule has 0 saturated carbocycles. The second-order valence-electron chi connectivity index (χ2n) is 8.76. The number of carbonyl (C=O) groups is 4. The molecule has 0 aliphatic carbocycles. The lowest BCUT2D eigenvalue weighted by Gasteiger charge is -2.19. The fourth-order valence-electron chi connectivity index (χ4n) is 3.10. The third-order valence-electron chi connectivity index (χ3n) is 4.72. The van der Waals surface area contributed by atoms with Crippen LogP contribution in [0.1, 0.15) is 51.6 Å². The number of nitrogens with one attached hydrogen (secondary N) is 2. The van der Waals surface area contributed by atoms with E-state index < -0.39 is 5.60 Å². The number of esters is 1. The summed E-state index contributed by atoms with van der Waals surface area (Å²) in [6.45, 7) is 7.12. The summed E-state index contributed by atoms with van der Waals surface area (Å²) < 4.78 is 15.6. The molecule has 0 spiro atoms. The van der Waals surface area contributed by atoms with Gasteiger partial charge in [0.25, 0.3) is 0 Å². The zero-order valence-corrected chi connectivity index (χ0v) is 21.1. The molecule has 1 atom stereocenters. The first-order valence-electron chi connectivity index (χ1n) is 11.6. The van der Waals surface area contributed by atoms with Crippen molar-refractivity contribution in [2.45, 2.75) is 51.7 Å². The van der Waals surface area contributed by atoms with Gasteiger partial charge in [-0.05, 0) is 38.8 Å². The van der Waals surface area contributed by atoms with E-state index in [-0.39, 0.29) is 43.4 Å². The van der Waals surface area contributed by atoms with Crippen LogP contribution >= 0.6 is 0 Å². The highest BCUT2D eigenvalue weighted by Gasteiger charge is 2.28. The van der Waals surface area contributed by atoms with Crippen LogP contribution in [0.15, 0.2) is 24.5 Å². The van der Waals surface area contributed by atoms with Crippen molar-refractivity contribution in [1.82, 2.24) is 20.5 Å². The fraction of sp³-hybridized carbons (Fsp3) is 0.625. The molecule has 35 heavy (non-hydrogen) atoms. The molecule has 1 saturated heterocycles. The van der Waals surface area contributed by atoms with E-state index in [0.29, 0.717) is 39.2 Å². The molecule has 1 unspecified atom stereocenters. The van der Waals surface area contributed by atoms with Crippen LogP contribution in [0.25, 0.3) is 0 Å². The van der Waals surface area contributed by atoms with Crippen molar-refractivity contribution in [3.05, 3.63) is 30.1 Å². The van der Waals surface area contributed by atoms with Crippen molar-refractivity contribution in [2.75, 3.05) is 46.6 Å². The minimum Gasteiger partial charge on any atom is -0.460 e. The molecule has 196 valence electrons. The van der Waals surface area contributed by atoms with Gasteiger partial charge in [-0.15, -0.1) is 0 Å². The first-order valence-corrected chi connectivity index (χ1v) is 11.6. The average molecular weight is 495 g/mol. The van der Waals surface area contributed by atoms with Crippen LogP contribution in [0.2, 0.25) is 0 Å². The van der Waals surface area contributed by atoms with Crippen molar-refractivity contribution in [3.63, 3.8) is 0 Å². The minimum atomic E-state index is -0.480. The van der Waals surface area contributed by atoms with E-state index in [1.165, 1.54) is 0 Å². The molecule has 1 aromatic heterocycles. The van der Waals surface area contributed by atoms with Crippen LogP contribution in [-0.2, 0) is 33.4 Å². The van der Waals surface area contributed by atoms with Gasteiger partial charge in [-0.2, -0.15) is 0 Å².